The SMILES string of the molecule is CC[C@H](NC(=O)[C@@H]1[C@@H](CCC(C)C)CCN1C[C@H](CO)NC(=O)OC(C)(C)C)C(=O)C(=O)NC1CC1. The molecule has 1 heterocycles. The molecule has 0 aromatic rings. The number of ketones is 1. The molecule has 206 valence electrons. The Kier molecular flexibility index (Phi) is 11.2. The number of carbonyl (C=O) groups is 4. The molecule has 0 radical (unpaired) electrons. The van der Waals surface area contributed by atoms with Crippen molar-refractivity contribution in [3.8, 4) is 0 Å². The maximum atomic E-state index is 13.5. The van der Waals surface area contributed by atoms with Gasteiger partial charge in [0.05, 0.1) is 24.7 Å². The summed E-state index contributed by atoms with van der Waals surface area (Å²) < 4.78 is 5.31. The van der Waals surface area contributed by atoms with Gasteiger partial charge in [-0.1, -0.05) is 27.2 Å². The van der Waals surface area contributed by atoms with Crippen LogP contribution in [0, 0.1) is 11.8 Å². The van der Waals surface area contributed by atoms with Gasteiger partial charge >= 0.3 is 6.09 Å². The summed E-state index contributed by atoms with van der Waals surface area (Å²) in [6.45, 7) is 11.9. The minimum Gasteiger partial charge on any atom is -0.444 e. The number of nitrogens with one attached hydrogen (secondary N) is 3. The number of ether oxygens (including phenoxy) is 1. The summed E-state index contributed by atoms with van der Waals surface area (Å²) in [5, 5.41) is 18.1. The lowest BCUT2D eigenvalue weighted by Crippen LogP contribution is -2.56. The van der Waals surface area contributed by atoms with Crippen LogP contribution in [0.2, 0.25) is 0 Å². The van der Waals surface area contributed by atoms with Gasteiger partial charge in [-0.15, -0.1) is 0 Å². The number of likely N-dealkylation sites (tertiary alicyclic amines) is 1. The summed E-state index contributed by atoms with van der Waals surface area (Å²) in [5.41, 5.74) is -0.671. The molecule has 1 saturated heterocycles. The molecule has 0 spiro atoms. The minimum absolute atomic E-state index is 0.0632. The average Bonchev–Trinajstić information content (AvgIpc) is 3.50. The van der Waals surface area contributed by atoms with E-state index in [4.69, 9.17) is 4.74 Å². The van der Waals surface area contributed by atoms with Crippen molar-refractivity contribution in [2.75, 3.05) is 19.7 Å². The highest BCUT2D eigenvalue weighted by molar-refractivity contribution is 6.38. The van der Waals surface area contributed by atoms with E-state index in [9.17, 15) is 24.3 Å². The van der Waals surface area contributed by atoms with Crippen LogP contribution in [0.15, 0.2) is 0 Å². The van der Waals surface area contributed by atoms with Crippen LogP contribution in [-0.2, 0) is 19.1 Å². The van der Waals surface area contributed by atoms with E-state index in [0.717, 1.165) is 32.1 Å². The Morgan fingerprint density at radius 2 is 1.75 bits per heavy atom. The van der Waals surface area contributed by atoms with E-state index in [2.05, 4.69) is 29.8 Å². The predicted molar refractivity (Wildman–Crippen MR) is 136 cm³/mol. The Hall–Kier alpha value is -2.20. The third-order valence-electron chi connectivity index (χ3n) is 6.58. The third kappa shape index (κ3) is 9.69. The third-order valence-corrected chi connectivity index (χ3v) is 6.58. The number of aliphatic hydroxyl groups excluding tert-OH is 1. The van der Waals surface area contributed by atoms with Gasteiger partial charge in [0, 0.05) is 12.6 Å². The van der Waals surface area contributed by atoms with Crippen molar-refractivity contribution in [1.82, 2.24) is 20.9 Å². The highest BCUT2D eigenvalue weighted by Crippen LogP contribution is 2.30. The van der Waals surface area contributed by atoms with Crippen LogP contribution < -0.4 is 16.0 Å². The maximum Gasteiger partial charge on any atom is 0.407 e. The molecular formula is C26H46N4O6. The van der Waals surface area contributed by atoms with Crippen LogP contribution in [0.4, 0.5) is 4.79 Å². The molecule has 10 heteroatoms. The van der Waals surface area contributed by atoms with Gasteiger partial charge in [-0.2, -0.15) is 0 Å². The molecule has 10 nitrogen and oxygen atoms in total. The average molecular weight is 511 g/mol. The lowest BCUT2D eigenvalue weighted by atomic mass is 9.90. The number of hydrogen-bond acceptors (Lipinski definition) is 7. The summed E-state index contributed by atoms with van der Waals surface area (Å²) in [5.74, 6) is -1.01. The van der Waals surface area contributed by atoms with Gasteiger partial charge in [-0.3, -0.25) is 19.3 Å². The molecule has 0 aromatic carbocycles. The zero-order valence-corrected chi connectivity index (χ0v) is 22.8. The number of carbonyl (C=O) groups excluding carboxylic acids is 4. The number of rotatable bonds is 13. The van der Waals surface area contributed by atoms with E-state index in [-0.39, 0.29) is 31.0 Å². The van der Waals surface area contributed by atoms with Crippen molar-refractivity contribution in [3.63, 3.8) is 0 Å². The van der Waals surface area contributed by atoms with Crippen LogP contribution in [0.25, 0.3) is 0 Å². The van der Waals surface area contributed by atoms with Crippen molar-refractivity contribution in [1.29, 1.82) is 0 Å². The standard InChI is InChI=1S/C26H46N4O6/c1-7-20(22(32)24(34)27-18-10-11-18)29-23(33)21-17(9-8-16(2)3)12-13-30(21)14-19(15-31)28-25(35)36-26(4,5)6/h16-21,31H,7-15H2,1-6H3,(H,27,34)(H,28,35)(H,29,33)/t17-,19+,20-,21-/m0/s1. The lowest BCUT2D eigenvalue weighted by molar-refractivity contribution is -0.140. The van der Waals surface area contributed by atoms with Gasteiger partial charge < -0.3 is 25.8 Å². The second kappa shape index (κ2) is 13.4. The summed E-state index contributed by atoms with van der Waals surface area (Å²) in [7, 11) is 0. The zero-order valence-electron chi connectivity index (χ0n) is 22.8. The van der Waals surface area contributed by atoms with Crippen LogP contribution in [0.5, 0.6) is 0 Å². The largest absolute Gasteiger partial charge is 0.444 e. The van der Waals surface area contributed by atoms with Crippen LogP contribution in [0.1, 0.15) is 80.1 Å². The molecule has 2 aliphatic rings. The topological polar surface area (TPSA) is 137 Å². The van der Waals surface area contributed by atoms with Gasteiger partial charge in [-0.25, -0.2) is 4.79 Å². The highest BCUT2D eigenvalue weighted by atomic mass is 16.6. The quantitative estimate of drug-likeness (QED) is 0.277. The molecule has 3 amide bonds. The number of nitrogens with zero attached hydrogens (tertiary/aromatic N) is 1. The van der Waals surface area contributed by atoms with Crippen molar-refractivity contribution < 1.29 is 29.0 Å². The number of alkyl carbamates (subject to hydrolysis) is 1. The maximum absolute atomic E-state index is 13.5. The van der Waals surface area contributed by atoms with Gasteiger partial charge in [0.15, 0.2) is 0 Å². The second-order valence-electron chi connectivity index (χ2n) is 11.6. The first-order chi connectivity index (χ1) is 16.8. The molecule has 0 unspecified atom stereocenters. The fourth-order valence-electron chi connectivity index (χ4n) is 4.52. The van der Waals surface area contributed by atoms with E-state index in [1.165, 1.54) is 0 Å². The number of Topliss-reactive ketones (excluding diaryl/α,β-unsaturated/α-hetero) is 1. The van der Waals surface area contributed by atoms with Gasteiger partial charge in [0.1, 0.15) is 5.60 Å². The summed E-state index contributed by atoms with van der Waals surface area (Å²) in [6.07, 6.45) is 4.04. The molecule has 0 bridgehead atoms. The Labute approximate surface area is 215 Å². The summed E-state index contributed by atoms with van der Waals surface area (Å²) in [6, 6.07) is -1.97. The van der Waals surface area contributed by atoms with Gasteiger partial charge in [0.2, 0.25) is 11.7 Å². The molecular weight excluding hydrogens is 464 g/mol. The predicted octanol–water partition coefficient (Wildman–Crippen LogP) is 1.74. The van der Waals surface area contributed by atoms with Crippen LogP contribution in [0.3, 0.4) is 0 Å². The van der Waals surface area contributed by atoms with Crippen LogP contribution >= 0.6 is 0 Å². The van der Waals surface area contributed by atoms with Crippen molar-refractivity contribution in [2.45, 2.75) is 110 Å². The Balaban J connectivity index is 2.10. The zero-order chi connectivity index (χ0) is 27.0. The first kappa shape index (κ1) is 30.0. The minimum atomic E-state index is -0.891. The highest BCUT2D eigenvalue weighted by Gasteiger charge is 2.41. The Morgan fingerprint density at radius 3 is 2.28 bits per heavy atom. The number of aliphatic hydroxyl groups is 1. The molecule has 4 atom stereocenters. The monoisotopic (exact) mass is 510 g/mol. The fourth-order valence-corrected chi connectivity index (χ4v) is 4.52. The molecule has 2 fully saturated rings. The van der Waals surface area contributed by atoms with Crippen molar-refractivity contribution in [2.24, 2.45) is 11.8 Å². The molecule has 0 aromatic heterocycles. The normalized spacial score (nSPS) is 22.1. The van der Waals surface area contributed by atoms with Crippen molar-refractivity contribution in [3.05, 3.63) is 0 Å². The molecule has 1 aliphatic carbocycles. The Bertz CT molecular complexity index is 777. The lowest BCUT2D eigenvalue weighted by Gasteiger charge is -2.32. The van der Waals surface area contributed by atoms with E-state index in [0.29, 0.717) is 18.9 Å². The first-order valence-electron chi connectivity index (χ1n) is 13.3. The first-order valence-corrected chi connectivity index (χ1v) is 13.3. The second-order valence-corrected chi connectivity index (χ2v) is 11.6. The molecule has 1 saturated carbocycles. The summed E-state index contributed by atoms with van der Waals surface area (Å²) in [4.78, 5) is 52.7. The van der Waals surface area contributed by atoms with Gasteiger partial charge in [-0.05, 0) is 71.3 Å². The molecule has 4 N–H and O–H groups in total. The molecule has 1 aliphatic heterocycles. The molecule has 36 heavy (non-hydrogen) atoms. The van der Waals surface area contributed by atoms with E-state index in [1.807, 2.05) is 4.90 Å². The van der Waals surface area contributed by atoms with E-state index < -0.39 is 41.5 Å². The Morgan fingerprint density at radius 1 is 1.08 bits per heavy atom. The summed E-state index contributed by atoms with van der Waals surface area (Å²) >= 11 is 0. The van der Waals surface area contributed by atoms with Crippen molar-refractivity contribution >= 4 is 23.7 Å². The van der Waals surface area contributed by atoms with Crippen LogP contribution in [-0.4, -0.2) is 83.2 Å². The van der Waals surface area contributed by atoms with Gasteiger partial charge in [0.25, 0.3) is 5.91 Å². The van der Waals surface area contributed by atoms with E-state index >= 15 is 0 Å². The molecule has 2 rings (SSSR count). The van der Waals surface area contributed by atoms with E-state index in [1.54, 1.807) is 27.7 Å². The number of amides is 3. The number of hydrogen-bond donors (Lipinski definition) is 4. The fraction of sp³-hybridized carbons (Fsp3) is 0.846. The smallest absolute Gasteiger partial charge is 0.407 e.